The normalized spacial score (nSPS) is 15.0. The number of esters is 1. The number of aromatic nitrogens is 3. The van der Waals surface area contributed by atoms with Crippen LogP contribution in [-0.4, -0.2) is 34.2 Å². The number of fused-ring (bicyclic) bond motifs is 2. The zero-order valence-electron chi connectivity index (χ0n) is 21.3. The van der Waals surface area contributed by atoms with Crippen LogP contribution in [0.2, 0.25) is 5.02 Å². The minimum atomic E-state index is -0.424. The third kappa shape index (κ3) is 4.88. The lowest BCUT2D eigenvalue weighted by molar-refractivity contribution is 0.0603. The number of pyridine rings is 1. The molecule has 1 aliphatic rings. The van der Waals surface area contributed by atoms with Gasteiger partial charge in [-0.1, -0.05) is 18.5 Å². The monoisotopic (exact) mass is 537 g/mol. The van der Waals surface area contributed by atoms with Gasteiger partial charge in [-0.05, 0) is 63.3 Å². The van der Waals surface area contributed by atoms with E-state index in [1.807, 2.05) is 32.0 Å². The van der Waals surface area contributed by atoms with E-state index in [0.717, 1.165) is 52.0 Å². The summed E-state index contributed by atoms with van der Waals surface area (Å²) in [6, 6.07) is 7.42. The Hall–Kier alpha value is -3.23. The number of methoxy groups -OCH3 is 1. The second-order valence-corrected chi connectivity index (χ2v) is 10.8. The Morgan fingerprint density at radius 2 is 2.03 bits per heavy atom. The first-order valence-electron chi connectivity index (χ1n) is 12.3. The van der Waals surface area contributed by atoms with Crippen molar-refractivity contribution in [3.05, 3.63) is 73.4 Å². The third-order valence-corrected chi connectivity index (χ3v) is 8.06. The van der Waals surface area contributed by atoms with E-state index in [9.17, 15) is 9.59 Å². The van der Waals surface area contributed by atoms with Crippen LogP contribution in [0.5, 0.6) is 5.75 Å². The molecule has 0 N–H and O–H groups in total. The fourth-order valence-electron chi connectivity index (χ4n) is 4.94. The average Bonchev–Trinajstić information content (AvgIpc) is 3.30. The van der Waals surface area contributed by atoms with Gasteiger partial charge in [-0.15, -0.1) is 11.3 Å². The molecule has 1 aromatic carbocycles. The number of hydrogen-bond donors (Lipinski definition) is 0. The smallest absolute Gasteiger partial charge is 0.340 e. The van der Waals surface area contributed by atoms with Crippen molar-refractivity contribution in [3.8, 4) is 16.9 Å². The third-order valence-electron chi connectivity index (χ3n) is 6.83. The minimum Gasteiger partial charge on any atom is -0.491 e. The van der Waals surface area contributed by atoms with Gasteiger partial charge in [0.05, 0.1) is 35.1 Å². The van der Waals surface area contributed by atoms with Gasteiger partial charge in [0.1, 0.15) is 18.2 Å². The van der Waals surface area contributed by atoms with Crippen LogP contribution in [0.1, 0.15) is 46.5 Å². The van der Waals surface area contributed by atoms with E-state index in [1.165, 1.54) is 18.4 Å². The number of halogens is 1. The Morgan fingerprint density at radius 3 is 2.81 bits per heavy atom. The molecule has 192 valence electrons. The zero-order valence-corrected chi connectivity index (χ0v) is 22.8. The van der Waals surface area contributed by atoms with Gasteiger partial charge in [0.25, 0.3) is 5.56 Å². The average molecular weight is 538 g/mol. The van der Waals surface area contributed by atoms with Crippen molar-refractivity contribution < 1.29 is 14.3 Å². The number of carbonyl (C=O) groups is 1. The molecule has 0 saturated heterocycles. The maximum Gasteiger partial charge on any atom is 0.340 e. The first kappa shape index (κ1) is 25.4. The quantitative estimate of drug-likeness (QED) is 0.290. The van der Waals surface area contributed by atoms with Gasteiger partial charge in [-0.2, -0.15) is 0 Å². The Bertz CT molecular complexity index is 1580. The SMILES string of the molecule is COC(=O)c1csc2c(-c3cc(Cl)ccc3OCCn3c(C)nc4c(c3=O)CC(C)CC4)cc(C)nc12. The molecule has 4 aromatic rings. The van der Waals surface area contributed by atoms with Crippen molar-refractivity contribution in [2.45, 2.75) is 46.6 Å². The number of carbonyl (C=O) groups excluding carboxylic acids is 1. The number of nitrogens with zero attached hydrogens (tertiary/aromatic N) is 3. The van der Waals surface area contributed by atoms with E-state index >= 15 is 0 Å². The van der Waals surface area contributed by atoms with Crippen LogP contribution in [0, 0.1) is 19.8 Å². The number of ether oxygens (including phenoxy) is 2. The maximum atomic E-state index is 13.2. The number of aryl methyl sites for hydroxylation is 3. The predicted molar refractivity (Wildman–Crippen MR) is 146 cm³/mol. The number of benzene rings is 1. The molecule has 0 radical (unpaired) electrons. The van der Waals surface area contributed by atoms with Gasteiger partial charge >= 0.3 is 5.97 Å². The highest BCUT2D eigenvalue weighted by atomic mass is 35.5. The zero-order chi connectivity index (χ0) is 26.3. The lowest BCUT2D eigenvalue weighted by Gasteiger charge is -2.22. The fourth-order valence-corrected chi connectivity index (χ4v) is 6.12. The van der Waals surface area contributed by atoms with Crippen molar-refractivity contribution in [3.63, 3.8) is 0 Å². The first-order valence-corrected chi connectivity index (χ1v) is 13.5. The standard InChI is InChI=1S/C28H28ClN3O4S/c1-15-5-7-23-21(11-15)27(33)32(17(3)31-23)9-10-36-24-8-6-18(29)13-19(24)20-12-16(2)30-25-22(28(34)35-4)14-37-26(20)25/h6,8,12-15H,5,7,9-11H2,1-4H3. The summed E-state index contributed by atoms with van der Waals surface area (Å²) in [5, 5.41) is 2.33. The summed E-state index contributed by atoms with van der Waals surface area (Å²) < 4.78 is 13.7. The highest BCUT2D eigenvalue weighted by molar-refractivity contribution is 7.18. The molecule has 0 aliphatic heterocycles. The van der Waals surface area contributed by atoms with Gasteiger partial charge in [0, 0.05) is 32.8 Å². The molecule has 0 amide bonds. The van der Waals surface area contributed by atoms with Crippen LogP contribution in [-0.2, 0) is 24.1 Å². The van der Waals surface area contributed by atoms with E-state index < -0.39 is 5.97 Å². The van der Waals surface area contributed by atoms with E-state index in [4.69, 9.17) is 26.1 Å². The molecular weight excluding hydrogens is 510 g/mol. The highest BCUT2D eigenvalue weighted by Gasteiger charge is 2.22. The molecule has 0 saturated carbocycles. The van der Waals surface area contributed by atoms with Gasteiger partial charge in [0.2, 0.25) is 0 Å². The molecule has 9 heteroatoms. The molecule has 0 bridgehead atoms. The van der Waals surface area contributed by atoms with Gasteiger partial charge < -0.3 is 9.47 Å². The van der Waals surface area contributed by atoms with Crippen molar-refractivity contribution >= 4 is 39.1 Å². The van der Waals surface area contributed by atoms with Gasteiger partial charge in [-0.3, -0.25) is 14.3 Å². The van der Waals surface area contributed by atoms with E-state index in [1.54, 1.807) is 16.0 Å². The molecule has 1 aliphatic carbocycles. The molecule has 5 rings (SSSR count). The van der Waals surface area contributed by atoms with Crippen LogP contribution < -0.4 is 10.3 Å². The number of hydrogen-bond acceptors (Lipinski definition) is 7. The Kier molecular flexibility index (Phi) is 7.05. The Morgan fingerprint density at radius 1 is 1.22 bits per heavy atom. The molecular formula is C28H28ClN3O4S. The van der Waals surface area contributed by atoms with Crippen LogP contribution in [0.4, 0.5) is 0 Å². The fraction of sp³-hybridized carbons (Fsp3) is 0.357. The summed E-state index contributed by atoms with van der Waals surface area (Å²) >= 11 is 7.82. The van der Waals surface area contributed by atoms with E-state index in [2.05, 4.69) is 11.9 Å². The van der Waals surface area contributed by atoms with Crippen LogP contribution in [0.15, 0.2) is 34.4 Å². The molecule has 3 heterocycles. The summed E-state index contributed by atoms with van der Waals surface area (Å²) in [6.45, 7) is 6.61. The largest absolute Gasteiger partial charge is 0.491 e. The summed E-state index contributed by atoms with van der Waals surface area (Å²) in [6.07, 6.45) is 2.70. The second-order valence-electron chi connectivity index (χ2n) is 9.51. The second kappa shape index (κ2) is 10.3. The summed E-state index contributed by atoms with van der Waals surface area (Å²) in [5.41, 5.74) is 5.27. The van der Waals surface area contributed by atoms with Crippen molar-refractivity contribution in [2.75, 3.05) is 13.7 Å². The highest BCUT2D eigenvalue weighted by Crippen LogP contribution is 2.40. The Labute approximate surface area is 224 Å². The predicted octanol–water partition coefficient (Wildman–Crippen LogP) is 5.78. The molecule has 37 heavy (non-hydrogen) atoms. The lowest BCUT2D eigenvalue weighted by Crippen LogP contribution is -2.33. The Balaban J connectivity index is 1.47. The van der Waals surface area contributed by atoms with Gasteiger partial charge in [-0.25, -0.2) is 9.78 Å². The lowest BCUT2D eigenvalue weighted by atomic mass is 9.88. The van der Waals surface area contributed by atoms with E-state index in [-0.39, 0.29) is 12.2 Å². The molecule has 1 atom stereocenters. The maximum absolute atomic E-state index is 13.2. The van der Waals surface area contributed by atoms with Crippen LogP contribution >= 0.6 is 22.9 Å². The summed E-state index contributed by atoms with van der Waals surface area (Å²) in [7, 11) is 1.36. The molecule has 7 nitrogen and oxygen atoms in total. The van der Waals surface area contributed by atoms with E-state index in [0.29, 0.717) is 40.1 Å². The molecule has 1 unspecified atom stereocenters. The van der Waals surface area contributed by atoms with Crippen molar-refractivity contribution in [2.24, 2.45) is 5.92 Å². The molecule has 0 fully saturated rings. The van der Waals surface area contributed by atoms with Crippen molar-refractivity contribution in [1.29, 1.82) is 0 Å². The van der Waals surface area contributed by atoms with Crippen LogP contribution in [0.25, 0.3) is 21.3 Å². The topological polar surface area (TPSA) is 83.3 Å². The number of thiophene rings is 1. The minimum absolute atomic E-state index is 0.0365. The summed E-state index contributed by atoms with van der Waals surface area (Å²) in [4.78, 5) is 34.8. The number of rotatable bonds is 6. The van der Waals surface area contributed by atoms with Gasteiger partial charge in [0.15, 0.2) is 0 Å². The first-order chi connectivity index (χ1) is 17.8. The van der Waals surface area contributed by atoms with Crippen LogP contribution in [0.3, 0.4) is 0 Å². The summed E-state index contributed by atoms with van der Waals surface area (Å²) in [5.74, 6) is 1.41. The molecule has 0 spiro atoms. The van der Waals surface area contributed by atoms with Crippen molar-refractivity contribution in [1.82, 2.24) is 14.5 Å². The molecule has 3 aromatic heterocycles.